The Hall–Kier alpha value is -3.90. The maximum atomic E-state index is 12.2. The standard InChI is InChI=1S/C21H18N6O4S2/c28-18(29)12-31-15-6-2-1-5-13(15)14-9-23-16(26-14)10-24-20(30)27-21-25-11-19(33-21)32-17-7-3-4-8-22-17/h1-9,11H,10,12H2,(H,23,26)(H,28,29)(H2,24,25,27,30). The molecule has 12 heteroatoms. The third-order valence-corrected chi connectivity index (χ3v) is 6.09. The Morgan fingerprint density at radius 2 is 1.94 bits per heavy atom. The zero-order valence-corrected chi connectivity index (χ0v) is 18.7. The average Bonchev–Trinajstić information content (AvgIpc) is 3.47. The Morgan fingerprint density at radius 3 is 2.76 bits per heavy atom. The number of rotatable bonds is 9. The highest BCUT2D eigenvalue weighted by atomic mass is 32.2. The summed E-state index contributed by atoms with van der Waals surface area (Å²) in [6.07, 6.45) is 5.00. The summed E-state index contributed by atoms with van der Waals surface area (Å²) in [4.78, 5) is 38.9. The molecule has 0 saturated heterocycles. The highest BCUT2D eigenvalue weighted by molar-refractivity contribution is 8.01. The second-order valence-corrected chi connectivity index (χ2v) is 8.84. The lowest BCUT2D eigenvalue weighted by Gasteiger charge is -2.08. The van der Waals surface area contributed by atoms with E-state index in [0.717, 1.165) is 9.24 Å². The second kappa shape index (κ2) is 10.6. The van der Waals surface area contributed by atoms with Gasteiger partial charge < -0.3 is 20.1 Å². The smallest absolute Gasteiger partial charge is 0.341 e. The minimum absolute atomic E-state index is 0.158. The van der Waals surface area contributed by atoms with Crippen molar-refractivity contribution in [3.8, 4) is 17.0 Å². The summed E-state index contributed by atoms with van der Waals surface area (Å²) in [5, 5.41) is 15.6. The number of aromatic amines is 1. The number of nitrogens with zero attached hydrogens (tertiary/aromatic N) is 3. The molecule has 33 heavy (non-hydrogen) atoms. The fraction of sp³-hybridized carbons (Fsp3) is 0.0952. The van der Waals surface area contributed by atoms with Gasteiger partial charge in [0, 0.05) is 11.8 Å². The van der Waals surface area contributed by atoms with Crippen LogP contribution in [0.4, 0.5) is 9.93 Å². The summed E-state index contributed by atoms with van der Waals surface area (Å²) in [7, 11) is 0. The Kier molecular flexibility index (Phi) is 7.17. The Bertz CT molecular complexity index is 1240. The number of para-hydroxylation sites is 1. The first-order valence-electron chi connectivity index (χ1n) is 9.64. The van der Waals surface area contributed by atoms with E-state index in [0.29, 0.717) is 28.0 Å². The normalized spacial score (nSPS) is 10.5. The van der Waals surface area contributed by atoms with Gasteiger partial charge in [-0.25, -0.2) is 24.5 Å². The number of amides is 2. The van der Waals surface area contributed by atoms with E-state index < -0.39 is 18.6 Å². The highest BCUT2D eigenvalue weighted by Gasteiger charge is 2.12. The lowest BCUT2D eigenvalue weighted by molar-refractivity contribution is -0.139. The van der Waals surface area contributed by atoms with Crippen LogP contribution in [-0.2, 0) is 11.3 Å². The van der Waals surface area contributed by atoms with Crippen LogP contribution >= 0.6 is 23.1 Å². The van der Waals surface area contributed by atoms with Gasteiger partial charge in [0.1, 0.15) is 16.6 Å². The molecule has 10 nitrogen and oxygen atoms in total. The summed E-state index contributed by atoms with van der Waals surface area (Å²) < 4.78 is 6.23. The predicted octanol–water partition coefficient (Wildman–Crippen LogP) is 3.86. The summed E-state index contributed by atoms with van der Waals surface area (Å²) in [5.41, 5.74) is 1.31. The summed E-state index contributed by atoms with van der Waals surface area (Å²) in [6, 6.07) is 12.3. The molecular formula is C21H18N6O4S2. The number of aliphatic carboxylic acids is 1. The second-order valence-electron chi connectivity index (χ2n) is 6.48. The lowest BCUT2D eigenvalue weighted by Crippen LogP contribution is -2.28. The zero-order chi connectivity index (χ0) is 23.0. The number of carboxylic acids is 1. The van der Waals surface area contributed by atoms with Crippen LogP contribution in [0.1, 0.15) is 5.82 Å². The van der Waals surface area contributed by atoms with E-state index >= 15 is 0 Å². The number of benzene rings is 1. The Balaban J connectivity index is 1.31. The molecular weight excluding hydrogens is 464 g/mol. The maximum Gasteiger partial charge on any atom is 0.341 e. The number of carboxylic acid groups (broad SMARTS) is 1. The number of H-pyrrole nitrogens is 1. The van der Waals surface area contributed by atoms with Gasteiger partial charge in [-0.1, -0.05) is 41.3 Å². The molecule has 4 aromatic rings. The van der Waals surface area contributed by atoms with Crippen LogP contribution in [-0.4, -0.2) is 43.6 Å². The average molecular weight is 483 g/mol. The van der Waals surface area contributed by atoms with E-state index in [1.54, 1.807) is 36.8 Å². The zero-order valence-electron chi connectivity index (χ0n) is 17.0. The molecule has 168 valence electrons. The molecule has 3 heterocycles. The van der Waals surface area contributed by atoms with Gasteiger partial charge in [-0.15, -0.1) is 0 Å². The van der Waals surface area contributed by atoms with Crippen molar-refractivity contribution in [2.24, 2.45) is 0 Å². The molecule has 0 spiro atoms. The van der Waals surface area contributed by atoms with Crippen LogP contribution in [0, 0.1) is 0 Å². The number of ether oxygens (including phenoxy) is 1. The topological polar surface area (TPSA) is 142 Å². The van der Waals surface area contributed by atoms with Crippen LogP contribution in [0.15, 0.2) is 70.3 Å². The number of urea groups is 1. The Morgan fingerprint density at radius 1 is 1.09 bits per heavy atom. The van der Waals surface area contributed by atoms with Crippen molar-refractivity contribution >= 4 is 40.2 Å². The fourth-order valence-electron chi connectivity index (χ4n) is 2.72. The van der Waals surface area contributed by atoms with Crippen LogP contribution < -0.4 is 15.4 Å². The molecule has 0 aliphatic heterocycles. The van der Waals surface area contributed by atoms with Crippen molar-refractivity contribution in [3.05, 3.63) is 66.9 Å². The molecule has 0 atom stereocenters. The summed E-state index contributed by atoms with van der Waals surface area (Å²) in [6.45, 7) is -0.288. The van der Waals surface area contributed by atoms with Gasteiger partial charge in [-0.05, 0) is 24.3 Å². The van der Waals surface area contributed by atoms with E-state index in [4.69, 9.17) is 9.84 Å². The van der Waals surface area contributed by atoms with Crippen molar-refractivity contribution in [3.63, 3.8) is 0 Å². The maximum absolute atomic E-state index is 12.2. The number of hydrogen-bond donors (Lipinski definition) is 4. The van der Waals surface area contributed by atoms with Crippen molar-refractivity contribution in [2.75, 3.05) is 11.9 Å². The van der Waals surface area contributed by atoms with Gasteiger partial charge in [0.05, 0.1) is 28.8 Å². The van der Waals surface area contributed by atoms with Crippen LogP contribution in [0.3, 0.4) is 0 Å². The van der Waals surface area contributed by atoms with E-state index in [2.05, 4.69) is 30.6 Å². The number of thiazole rings is 1. The number of carbonyl (C=O) groups excluding carboxylic acids is 1. The van der Waals surface area contributed by atoms with Crippen molar-refractivity contribution in [1.82, 2.24) is 25.3 Å². The largest absolute Gasteiger partial charge is 0.481 e. The molecule has 0 radical (unpaired) electrons. The number of carbonyl (C=O) groups is 2. The molecule has 3 aromatic heterocycles. The predicted molar refractivity (Wildman–Crippen MR) is 123 cm³/mol. The SMILES string of the molecule is O=C(O)COc1ccccc1-c1cnc(CNC(=O)Nc2ncc(Sc3ccccn3)s2)[nH]1. The number of aromatic nitrogens is 4. The van der Waals surface area contributed by atoms with E-state index in [9.17, 15) is 9.59 Å². The molecule has 2 amide bonds. The number of pyridine rings is 1. The van der Waals surface area contributed by atoms with Gasteiger partial charge in [-0.2, -0.15) is 0 Å². The first-order valence-corrected chi connectivity index (χ1v) is 11.3. The van der Waals surface area contributed by atoms with E-state index in [-0.39, 0.29) is 6.54 Å². The summed E-state index contributed by atoms with van der Waals surface area (Å²) >= 11 is 2.82. The number of anilines is 1. The van der Waals surface area contributed by atoms with Crippen LogP contribution in [0.25, 0.3) is 11.3 Å². The van der Waals surface area contributed by atoms with Crippen molar-refractivity contribution in [2.45, 2.75) is 15.8 Å². The number of imidazole rings is 1. The molecule has 0 saturated carbocycles. The van der Waals surface area contributed by atoms with Crippen molar-refractivity contribution in [1.29, 1.82) is 0 Å². The molecule has 0 unspecified atom stereocenters. The first kappa shape index (κ1) is 22.3. The molecule has 4 rings (SSSR count). The summed E-state index contributed by atoms with van der Waals surface area (Å²) in [5.74, 6) is -0.115. The minimum atomic E-state index is -1.06. The highest BCUT2D eigenvalue weighted by Crippen LogP contribution is 2.32. The minimum Gasteiger partial charge on any atom is -0.481 e. The monoisotopic (exact) mass is 482 g/mol. The van der Waals surface area contributed by atoms with Gasteiger partial charge in [0.25, 0.3) is 0 Å². The molecule has 0 aliphatic rings. The van der Waals surface area contributed by atoms with Crippen LogP contribution in [0.2, 0.25) is 0 Å². The van der Waals surface area contributed by atoms with E-state index in [1.165, 1.54) is 23.1 Å². The Labute approximate surface area is 196 Å². The van der Waals surface area contributed by atoms with Crippen LogP contribution in [0.5, 0.6) is 5.75 Å². The molecule has 0 fully saturated rings. The van der Waals surface area contributed by atoms with Crippen molar-refractivity contribution < 1.29 is 19.4 Å². The molecule has 4 N–H and O–H groups in total. The number of hydrogen-bond acceptors (Lipinski definition) is 8. The third-order valence-electron chi connectivity index (χ3n) is 4.12. The van der Waals surface area contributed by atoms with Gasteiger partial charge in [-0.3, -0.25) is 5.32 Å². The quantitative estimate of drug-likeness (QED) is 0.282. The lowest BCUT2D eigenvalue weighted by atomic mass is 10.1. The molecule has 0 aliphatic carbocycles. The van der Waals surface area contributed by atoms with Gasteiger partial charge >= 0.3 is 12.0 Å². The van der Waals surface area contributed by atoms with E-state index in [1.807, 2.05) is 24.3 Å². The fourth-order valence-corrected chi connectivity index (χ4v) is 4.50. The van der Waals surface area contributed by atoms with Gasteiger partial charge in [0.15, 0.2) is 11.7 Å². The first-order chi connectivity index (χ1) is 16.1. The van der Waals surface area contributed by atoms with Gasteiger partial charge in [0.2, 0.25) is 0 Å². The molecule has 1 aromatic carbocycles. The molecule has 0 bridgehead atoms. The number of nitrogens with one attached hydrogen (secondary N) is 3. The third kappa shape index (κ3) is 6.30.